The SMILES string of the molecule is CCN1CCOC(CN(C)c2cccc(N)c2)C1. The molecule has 0 saturated carbocycles. The molecule has 1 aliphatic rings. The number of hydrogen-bond acceptors (Lipinski definition) is 4. The first kappa shape index (κ1) is 13.2. The molecule has 1 unspecified atom stereocenters. The highest BCUT2D eigenvalue weighted by Crippen LogP contribution is 2.17. The van der Waals surface area contributed by atoms with Crippen molar-refractivity contribution in [1.82, 2.24) is 4.90 Å². The van der Waals surface area contributed by atoms with Gasteiger partial charge in [-0.25, -0.2) is 0 Å². The topological polar surface area (TPSA) is 41.7 Å². The van der Waals surface area contributed by atoms with E-state index in [9.17, 15) is 0 Å². The second-order valence-electron chi connectivity index (χ2n) is 4.86. The van der Waals surface area contributed by atoms with Crippen LogP contribution in [0.25, 0.3) is 0 Å². The fraction of sp³-hybridized carbons (Fsp3) is 0.571. The van der Waals surface area contributed by atoms with E-state index in [0.29, 0.717) is 0 Å². The third-order valence-electron chi connectivity index (χ3n) is 3.46. The lowest BCUT2D eigenvalue weighted by Gasteiger charge is -2.34. The van der Waals surface area contributed by atoms with Crippen molar-refractivity contribution in [3.05, 3.63) is 24.3 Å². The Morgan fingerprint density at radius 1 is 1.50 bits per heavy atom. The van der Waals surface area contributed by atoms with Crippen LogP contribution in [-0.4, -0.2) is 50.8 Å². The maximum atomic E-state index is 5.82. The average molecular weight is 249 g/mol. The molecule has 0 spiro atoms. The second kappa shape index (κ2) is 6.07. The van der Waals surface area contributed by atoms with Gasteiger partial charge in [-0.3, -0.25) is 4.90 Å². The Labute approximate surface area is 109 Å². The Morgan fingerprint density at radius 3 is 3.06 bits per heavy atom. The maximum Gasteiger partial charge on any atom is 0.0876 e. The molecule has 0 aromatic heterocycles. The number of anilines is 2. The van der Waals surface area contributed by atoms with E-state index in [-0.39, 0.29) is 6.10 Å². The summed E-state index contributed by atoms with van der Waals surface area (Å²) >= 11 is 0. The minimum absolute atomic E-state index is 0.283. The van der Waals surface area contributed by atoms with Gasteiger partial charge in [0.1, 0.15) is 0 Å². The highest BCUT2D eigenvalue weighted by Gasteiger charge is 2.20. The van der Waals surface area contributed by atoms with Crippen LogP contribution in [0.5, 0.6) is 0 Å². The number of likely N-dealkylation sites (N-methyl/N-ethyl adjacent to an activating group) is 2. The molecule has 1 aliphatic heterocycles. The van der Waals surface area contributed by atoms with E-state index in [2.05, 4.69) is 29.8 Å². The highest BCUT2D eigenvalue weighted by atomic mass is 16.5. The fourth-order valence-corrected chi connectivity index (χ4v) is 2.35. The molecule has 0 bridgehead atoms. The molecule has 1 atom stereocenters. The summed E-state index contributed by atoms with van der Waals surface area (Å²) in [7, 11) is 2.09. The monoisotopic (exact) mass is 249 g/mol. The van der Waals surface area contributed by atoms with Crippen molar-refractivity contribution in [3.8, 4) is 0 Å². The number of nitrogens with two attached hydrogens (primary N) is 1. The number of hydrogen-bond donors (Lipinski definition) is 1. The van der Waals surface area contributed by atoms with Crippen LogP contribution >= 0.6 is 0 Å². The summed E-state index contributed by atoms with van der Waals surface area (Å²) in [5, 5.41) is 0. The molecule has 4 nitrogen and oxygen atoms in total. The molecular formula is C14H23N3O. The zero-order valence-electron chi connectivity index (χ0n) is 11.3. The zero-order chi connectivity index (χ0) is 13.0. The molecular weight excluding hydrogens is 226 g/mol. The van der Waals surface area contributed by atoms with Gasteiger partial charge in [0, 0.05) is 38.1 Å². The molecule has 1 fully saturated rings. The Hall–Kier alpha value is -1.26. The first-order valence-electron chi connectivity index (χ1n) is 6.59. The molecule has 4 heteroatoms. The van der Waals surface area contributed by atoms with Gasteiger partial charge in [0.2, 0.25) is 0 Å². The number of morpholine rings is 1. The van der Waals surface area contributed by atoms with Gasteiger partial charge in [0.05, 0.1) is 12.7 Å². The Morgan fingerprint density at radius 2 is 2.33 bits per heavy atom. The first-order valence-corrected chi connectivity index (χ1v) is 6.59. The summed E-state index contributed by atoms with van der Waals surface area (Å²) in [5.74, 6) is 0. The van der Waals surface area contributed by atoms with E-state index in [1.807, 2.05) is 18.2 Å². The predicted molar refractivity (Wildman–Crippen MR) is 76.0 cm³/mol. The van der Waals surface area contributed by atoms with Crippen molar-refractivity contribution in [2.75, 3.05) is 50.5 Å². The predicted octanol–water partition coefficient (Wildman–Crippen LogP) is 1.43. The number of benzene rings is 1. The lowest BCUT2D eigenvalue weighted by molar-refractivity contribution is -0.0216. The quantitative estimate of drug-likeness (QED) is 0.820. The van der Waals surface area contributed by atoms with E-state index >= 15 is 0 Å². The molecule has 2 N–H and O–H groups in total. The van der Waals surface area contributed by atoms with Gasteiger partial charge in [-0.05, 0) is 24.7 Å². The van der Waals surface area contributed by atoms with Crippen molar-refractivity contribution in [3.63, 3.8) is 0 Å². The van der Waals surface area contributed by atoms with Crippen molar-refractivity contribution in [1.29, 1.82) is 0 Å². The van der Waals surface area contributed by atoms with E-state index in [1.54, 1.807) is 0 Å². The summed E-state index contributed by atoms with van der Waals surface area (Å²) in [4.78, 5) is 4.64. The van der Waals surface area contributed by atoms with Crippen LogP contribution in [-0.2, 0) is 4.74 Å². The van der Waals surface area contributed by atoms with Crippen LogP contribution in [0.1, 0.15) is 6.92 Å². The van der Waals surface area contributed by atoms with Crippen LogP contribution in [0.4, 0.5) is 11.4 Å². The molecule has 0 aliphatic carbocycles. The Kier molecular flexibility index (Phi) is 4.44. The molecule has 18 heavy (non-hydrogen) atoms. The number of ether oxygens (including phenoxy) is 1. The summed E-state index contributed by atoms with van der Waals surface area (Å²) in [6.07, 6.45) is 0.283. The molecule has 0 radical (unpaired) electrons. The second-order valence-corrected chi connectivity index (χ2v) is 4.86. The van der Waals surface area contributed by atoms with Crippen LogP contribution in [0.15, 0.2) is 24.3 Å². The largest absolute Gasteiger partial charge is 0.399 e. The standard InChI is InChI=1S/C14H23N3O/c1-3-17-7-8-18-14(11-17)10-16(2)13-6-4-5-12(15)9-13/h4-6,9,14H,3,7-8,10-11,15H2,1-2H3. The van der Waals surface area contributed by atoms with Gasteiger partial charge in [-0.2, -0.15) is 0 Å². The van der Waals surface area contributed by atoms with Crippen molar-refractivity contribution in [2.24, 2.45) is 0 Å². The van der Waals surface area contributed by atoms with Gasteiger partial charge in [-0.15, -0.1) is 0 Å². The first-order chi connectivity index (χ1) is 8.69. The number of rotatable bonds is 4. The van der Waals surface area contributed by atoms with Gasteiger partial charge >= 0.3 is 0 Å². The number of nitrogen functional groups attached to an aromatic ring is 1. The van der Waals surface area contributed by atoms with E-state index in [4.69, 9.17) is 10.5 Å². The van der Waals surface area contributed by atoms with E-state index in [1.165, 1.54) is 0 Å². The lowest BCUT2D eigenvalue weighted by atomic mass is 10.2. The summed E-state index contributed by atoms with van der Waals surface area (Å²) in [6.45, 7) is 7.10. The van der Waals surface area contributed by atoms with Crippen LogP contribution in [0.3, 0.4) is 0 Å². The molecule has 1 heterocycles. The average Bonchev–Trinajstić information content (AvgIpc) is 2.39. The molecule has 1 aromatic rings. The molecule has 2 rings (SSSR count). The normalized spacial score (nSPS) is 20.9. The molecule has 1 saturated heterocycles. The zero-order valence-corrected chi connectivity index (χ0v) is 11.3. The van der Waals surface area contributed by atoms with Crippen LogP contribution in [0.2, 0.25) is 0 Å². The van der Waals surface area contributed by atoms with Crippen molar-refractivity contribution < 1.29 is 4.74 Å². The summed E-state index contributed by atoms with van der Waals surface area (Å²) < 4.78 is 5.82. The summed E-state index contributed by atoms with van der Waals surface area (Å²) in [6, 6.07) is 7.98. The van der Waals surface area contributed by atoms with Gasteiger partial charge in [-0.1, -0.05) is 13.0 Å². The molecule has 0 amide bonds. The van der Waals surface area contributed by atoms with E-state index < -0.39 is 0 Å². The smallest absolute Gasteiger partial charge is 0.0876 e. The Balaban J connectivity index is 1.92. The van der Waals surface area contributed by atoms with Crippen molar-refractivity contribution in [2.45, 2.75) is 13.0 Å². The number of nitrogens with zero attached hydrogens (tertiary/aromatic N) is 2. The highest BCUT2D eigenvalue weighted by molar-refractivity contribution is 5.55. The minimum atomic E-state index is 0.283. The molecule has 1 aromatic carbocycles. The lowest BCUT2D eigenvalue weighted by Crippen LogP contribution is -2.46. The Bertz CT molecular complexity index is 383. The maximum absolute atomic E-state index is 5.82. The van der Waals surface area contributed by atoms with Gasteiger partial charge in [0.15, 0.2) is 0 Å². The third kappa shape index (κ3) is 3.37. The van der Waals surface area contributed by atoms with Gasteiger partial charge < -0.3 is 15.4 Å². The van der Waals surface area contributed by atoms with Gasteiger partial charge in [0.25, 0.3) is 0 Å². The van der Waals surface area contributed by atoms with E-state index in [0.717, 1.165) is 44.2 Å². The summed E-state index contributed by atoms with van der Waals surface area (Å²) in [5.41, 5.74) is 7.76. The third-order valence-corrected chi connectivity index (χ3v) is 3.46. The minimum Gasteiger partial charge on any atom is -0.399 e. The van der Waals surface area contributed by atoms with Crippen LogP contribution < -0.4 is 10.6 Å². The molecule has 100 valence electrons. The van der Waals surface area contributed by atoms with Crippen LogP contribution in [0, 0.1) is 0 Å². The van der Waals surface area contributed by atoms with Crippen molar-refractivity contribution >= 4 is 11.4 Å². The fourth-order valence-electron chi connectivity index (χ4n) is 2.35.